The molecule has 1 atom stereocenters. The second-order valence-corrected chi connectivity index (χ2v) is 6.84. The molecule has 1 unspecified atom stereocenters. The number of ether oxygens (including phenoxy) is 3. The zero-order valence-corrected chi connectivity index (χ0v) is 16.2. The van der Waals surface area contributed by atoms with Gasteiger partial charge in [-0.2, -0.15) is 0 Å². The van der Waals surface area contributed by atoms with E-state index in [4.69, 9.17) is 14.2 Å². The Bertz CT molecular complexity index is 1090. The lowest BCUT2D eigenvalue weighted by Gasteiger charge is -2.26. The van der Waals surface area contributed by atoms with Crippen LogP contribution in [0.15, 0.2) is 66.7 Å². The SMILES string of the molecule is COc1ccc(C2CC(=O)c3ccccc3O2)cc1COc1ccc([N+](=O)[O-])cc1. The zero-order chi connectivity index (χ0) is 21.1. The van der Waals surface area contributed by atoms with Crippen molar-refractivity contribution < 1.29 is 23.9 Å². The van der Waals surface area contributed by atoms with E-state index in [0.717, 1.165) is 11.1 Å². The first kappa shape index (κ1) is 19.4. The predicted octanol–water partition coefficient (Wildman–Crippen LogP) is 4.89. The lowest BCUT2D eigenvalue weighted by atomic mass is 9.95. The van der Waals surface area contributed by atoms with Gasteiger partial charge in [-0.15, -0.1) is 0 Å². The van der Waals surface area contributed by atoms with E-state index >= 15 is 0 Å². The number of nitro benzene ring substituents is 1. The molecule has 7 heteroatoms. The highest BCUT2D eigenvalue weighted by Gasteiger charge is 2.27. The Kier molecular flexibility index (Phi) is 5.34. The summed E-state index contributed by atoms with van der Waals surface area (Å²) < 4.78 is 17.3. The van der Waals surface area contributed by atoms with Crippen LogP contribution in [0.4, 0.5) is 5.69 Å². The fraction of sp³-hybridized carbons (Fsp3) is 0.174. The molecule has 0 N–H and O–H groups in total. The van der Waals surface area contributed by atoms with Crippen molar-refractivity contribution in [2.75, 3.05) is 7.11 Å². The van der Waals surface area contributed by atoms with Crippen LogP contribution >= 0.6 is 0 Å². The summed E-state index contributed by atoms with van der Waals surface area (Å²) in [6, 6.07) is 18.7. The van der Waals surface area contributed by atoms with E-state index in [1.807, 2.05) is 30.3 Å². The molecule has 7 nitrogen and oxygen atoms in total. The van der Waals surface area contributed by atoms with Crippen LogP contribution in [0.25, 0.3) is 0 Å². The normalized spacial score (nSPS) is 15.1. The molecule has 0 spiro atoms. The first-order valence-corrected chi connectivity index (χ1v) is 9.38. The molecule has 0 amide bonds. The molecule has 152 valence electrons. The monoisotopic (exact) mass is 405 g/mol. The van der Waals surface area contributed by atoms with Gasteiger partial charge in [0.15, 0.2) is 5.78 Å². The number of benzene rings is 3. The first-order chi connectivity index (χ1) is 14.5. The van der Waals surface area contributed by atoms with Gasteiger partial charge in [-0.3, -0.25) is 14.9 Å². The molecule has 1 heterocycles. The molecule has 0 saturated carbocycles. The number of carbonyl (C=O) groups is 1. The van der Waals surface area contributed by atoms with Crippen LogP contribution < -0.4 is 14.2 Å². The largest absolute Gasteiger partial charge is 0.496 e. The van der Waals surface area contributed by atoms with Gasteiger partial charge in [-0.25, -0.2) is 0 Å². The Morgan fingerprint density at radius 3 is 2.60 bits per heavy atom. The lowest BCUT2D eigenvalue weighted by Crippen LogP contribution is -2.20. The third-order valence-corrected chi connectivity index (χ3v) is 4.95. The van der Waals surface area contributed by atoms with Crippen molar-refractivity contribution >= 4 is 11.5 Å². The number of para-hydroxylation sites is 1. The van der Waals surface area contributed by atoms with Gasteiger partial charge < -0.3 is 14.2 Å². The van der Waals surface area contributed by atoms with Crippen molar-refractivity contribution in [3.8, 4) is 17.2 Å². The Morgan fingerprint density at radius 1 is 1.10 bits per heavy atom. The van der Waals surface area contributed by atoms with E-state index < -0.39 is 11.0 Å². The maximum Gasteiger partial charge on any atom is 0.269 e. The number of non-ortho nitro benzene ring substituents is 1. The van der Waals surface area contributed by atoms with Crippen LogP contribution in [0, 0.1) is 10.1 Å². The molecule has 0 aliphatic carbocycles. The van der Waals surface area contributed by atoms with Crippen molar-refractivity contribution in [3.63, 3.8) is 0 Å². The summed E-state index contributed by atoms with van der Waals surface area (Å²) in [5.41, 5.74) is 2.23. The Morgan fingerprint density at radius 2 is 1.87 bits per heavy atom. The van der Waals surface area contributed by atoms with E-state index in [1.165, 1.54) is 12.1 Å². The van der Waals surface area contributed by atoms with Gasteiger partial charge in [0.25, 0.3) is 5.69 Å². The summed E-state index contributed by atoms with van der Waals surface area (Å²) in [6.07, 6.45) is -0.136. The average Bonchev–Trinajstić information content (AvgIpc) is 2.77. The second kappa shape index (κ2) is 8.24. The highest BCUT2D eigenvalue weighted by Crippen LogP contribution is 2.36. The summed E-state index contributed by atoms with van der Waals surface area (Å²) in [5.74, 6) is 1.77. The summed E-state index contributed by atoms with van der Waals surface area (Å²) in [7, 11) is 1.57. The molecule has 3 aromatic carbocycles. The van der Waals surface area contributed by atoms with Crippen molar-refractivity contribution in [1.29, 1.82) is 0 Å². The number of ketones is 1. The summed E-state index contributed by atoms with van der Waals surface area (Å²) >= 11 is 0. The van der Waals surface area contributed by atoms with Gasteiger partial charge in [0.05, 0.1) is 24.0 Å². The predicted molar refractivity (Wildman–Crippen MR) is 109 cm³/mol. The summed E-state index contributed by atoms with van der Waals surface area (Å²) in [6.45, 7) is 0.200. The standard InChI is InChI=1S/C23H19NO6/c1-28-21-11-6-15(23-13-20(25)19-4-2-3-5-22(19)30-23)12-16(21)14-29-18-9-7-17(8-10-18)24(26)27/h2-12,23H,13-14H2,1H3. The fourth-order valence-corrected chi connectivity index (χ4v) is 3.40. The summed E-state index contributed by atoms with van der Waals surface area (Å²) in [5, 5.41) is 10.8. The quantitative estimate of drug-likeness (QED) is 0.429. The van der Waals surface area contributed by atoms with E-state index in [0.29, 0.717) is 22.8 Å². The van der Waals surface area contributed by atoms with Crippen molar-refractivity contribution in [1.82, 2.24) is 0 Å². The fourth-order valence-electron chi connectivity index (χ4n) is 3.40. The highest BCUT2D eigenvalue weighted by molar-refractivity contribution is 5.99. The minimum absolute atomic E-state index is 0.00123. The average molecular weight is 405 g/mol. The van der Waals surface area contributed by atoms with Crippen molar-refractivity contribution in [2.24, 2.45) is 0 Å². The van der Waals surface area contributed by atoms with Crippen LogP contribution in [0.1, 0.15) is 34.0 Å². The van der Waals surface area contributed by atoms with E-state index in [-0.39, 0.29) is 24.5 Å². The minimum Gasteiger partial charge on any atom is -0.496 e. The zero-order valence-electron chi connectivity index (χ0n) is 16.2. The molecule has 0 bridgehead atoms. The first-order valence-electron chi connectivity index (χ1n) is 9.38. The number of rotatable bonds is 6. The number of methoxy groups -OCH3 is 1. The van der Waals surface area contributed by atoms with Crippen molar-refractivity contribution in [3.05, 3.63) is 93.5 Å². The van der Waals surface area contributed by atoms with Crippen molar-refractivity contribution in [2.45, 2.75) is 19.1 Å². The third kappa shape index (κ3) is 3.96. The van der Waals surface area contributed by atoms with Crippen LogP contribution in [0.5, 0.6) is 17.2 Å². The van der Waals surface area contributed by atoms with Gasteiger partial charge in [0.2, 0.25) is 0 Å². The van der Waals surface area contributed by atoms with Gasteiger partial charge in [0, 0.05) is 17.7 Å². The molecule has 3 aromatic rings. The molecule has 0 aromatic heterocycles. The van der Waals surface area contributed by atoms with Gasteiger partial charge in [0.1, 0.15) is 30.0 Å². The molecule has 0 radical (unpaired) electrons. The number of carbonyl (C=O) groups excluding carboxylic acids is 1. The number of nitrogens with zero attached hydrogens (tertiary/aromatic N) is 1. The topological polar surface area (TPSA) is 87.9 Å². The molecule has 4 rings (SSSR count). The Balaban J connectivity index is 1.54. The number of hydrogen-bond acceptors (Lipinski definition) is 6. The number of hydrogen-bond donors (Lipinski definition) is 0. The molecule has 1 aliphatic rings. The van der Waals surface area contributed by atoms with E-state index in [1.54, 1.807) is 31.4 Å². The molecule has 1 aliphatic heterocycles. The van der Waals surface area contributed by atoms with Gasteiger partial charge >= 0.3 is 0 Å². The number of nitro groups is 1. The Labute approximate surface area is 173 Å². The number of Topliss-reactive ketones (excluding diaryl/α,β-unsaturated/α-hetero) is 1. The van der Waals surface area contributed by atoms with Gasteiger partial charge in [-0.05, 0) is 42.0 Å². The van der Waals surface area contributed by atoms with Crippen LogP contribution in [0.2, 0.25) is 0 Å². The molecule has 0 saturated heterocycles. The number of fused-ring (bicyclic) bond motifs is 1. The molecular formula is C23H19NO6. The Hall–Kier alpha value is -3.87. The van der Waals surface area contributed by atoms with E-state index in [9.17, 15) is 14.9 Å². The summed E-state index contributed by atoms with van der Waals surface area (Å²) in [4.78, 5) is 22.8. The lowest BCUT2D eigenvalue weighted by molar-refractivity contribution is -0.384. The van der Waals surface area contributed by atoms with Gasteiger partial charge in [-0.1, -0.05) is 18.2 Å². The highest BCUT2D eigenvalue weighted by atomic mass is 16.6. The van der Waals surface area contributed by atoms with Crippen LogP contribution in [0.3, 0.4) is 0 Å². The minimum atomic E-state index is -0.458. The molecule has 30 heavy (non-hydrogen) atoms. The maximum absolute atomic E-state index is 12.5. The third-order valence-electron chi connectivity index (χ3n) is 4.95. The smallest absolute Gasteiger partial charge is 0.269 e. The molecule has 0 fully saturated rings. The van der Waals surface area contributed by atoms with E-state index in [2.05, 4.69) is 0 Å². The second-order valence-electron chi connectivity index (χ2n) is 6.84. The van der Waals surface area contributed by atoms with Crippen LogP contribution in [-0.4, -0.2) is 17.8 Å². The maximum atomic E-state index is 12.5. The molecular weight excluding hydrogens is 386 g/mol. The van der Waals surface area contributed by atoms with Crippen LogP contribution in [-0.2, 0) is 6.61 Å².